The fraction of sp³-hybridized carbons (Fsp3) is 0.300. The number of halogens is 1. The predicted molar refractivity (Wildman–Crippen MR) is 115 cm³/mol. The van der Waals surface area contributed by atoms with Crippen LogP contribution in [0, 0.1) is 0 Å². The Morgan fingerprint density at radius 3 is 2.17 bits per heavy atom. The van der Waals surface area contributed by atoms with Gasteiger partial charge in [0, 0.05) is 50.0 Å². The number of anilines is 1. The number of nitrogens with one attached hydrogen (secondary N) is 2. The Kier molecular flexibility index (Phi) is 7.43. The van der Waals surface area contributed by atoms with E-state index in [1.54, 1.807) is 36.4 Å². The van der Waals surface area contributed by atoms with E-state index >= 15 is 0 Å². The Hall–Kier alpha value is -2.46. The second-order valence-electron chi connectivity index (χ2n) is 6.78. The van der Waals surface area contributed by atoms with Crippen molar-refractivity contribution in [1.29, 1.82) is 0 Å². The first-order valence-corrected chi connectivity index (χ1v) is 11.3. The average molecular weight is 451 g/mol. The fourth-order valence-electron chi connectivity index (χ4n) is 3.07. The summed E-state index contributed by atoms with van der Waals surface area (Å²) in [4.78, 5) is 26.1. The summed E-state index contributed by atoms with van der Waals surface area (Å²) in [5, 5.41) is 5.60. The first kappa shape index (κ1) is 22.2. The number of carbonyl (C=O) groups is 2. The predicted octanol–water partition coefficient (Wildman–Crippen LogP) is 1.40. The van der Waals surface area contributed by atoms with E-state index in [0.29, 0.717) is 50.0 Å². The molecule has 1 heterocycles. The number of carbonyl (C=O) groups excluding carboxylic acids is 2. The molecular formula is C20H23ClN4O4S. The average Bonchev–Trinajstić information content (AvgIpc) is 2.75. The van der Waals surface area contributed by atoms with Gasteiger partial charge in [0.15, 0.2) is 0 Å². The molecule has 1 fully saturated rings. The van der Waals surface area contributed by atoms with E-state index in [-0.39, 0.29) is 4.90 Å². The molecule has 1 saturated heterocycles. The van der Waals surface area contributed by atoms with Crippen LogP contribution in [0.2, 0.25) is 5.02 Å². The third-order valence-corrected chi connectivity index (χ3v) is 6.90. The smallest absolute Gasteiger partial charge is 0.313 e. The summed E-state index contributed by atoms with van der Waals surface area (Å²) in [5.74, 6) is -1.43. The van der Waals surface area contributed by atoms with Gasteiger partial charge >= 0.3 is 11.8 Å². The second-order valence-corrected chi connectivity index (χ2v) is 9.15. The van der Waals surface area contributed by atoms with Crippen molar-refractivity contribution in [3.8, 4) is 0 Å². The normalized spacial score (nSPS) is 15.5. The lowest BCUT2D eigenvalue weighted by atomic mass is 10.3. The van der Waals surface area contributed by atoms with Crippen LogP contribution >= 0.6 is 11.6 Å². The molecular weight excluding hydrogens is 428 g/mol. The topological polar surface area (TPSA) is 98.8 Å². The summed E-state index contributed by atoms with van der Waals surface area (Å²) < 4.78 is 26.8. The Labute approximate surface area is 180 Å². The first-order valence-electron chi connectivity index (χ1n) is 9.48. The molecule has 0 bridgehead atoms. The van der Waals surface area contributed by atoms with Gasteiger partial charge in [-0.3, -0.25) is 14.5 Å². The molecule has 2 aromatic carbocycles. The van der Waals surface area contributed by atoms with Crippen LogP contribution in [0.3, 0.4) is 0 Å². The van der Waals surface area contributed by atoms with Crippen LogP contribution in [0.25, 0.3) is 0 Å². The van der Waals surface area contributed by atoms with Crippen LogP contribution in [0.5, 0.6) is 0 Å². The summed E-state index contributed by atoms with van der Waals surface area (Å²) in [5.41, 5.74) is 0.552. The fourth-order valence-corrected chi connectivity index (χ4v) is 4.61. The summed E-state index contributed by atoms with van der Waals surface area (Å²) in [6, 6.07) is 14.9. The van der Waals surface area contributed by atoms with Crippen LogP contribution in [0.4, 0.5) is 5.69 Å². The highest BCUT2D eigenvalue weighted by Gasteiger charge is 2.28. The monoisotopic (exact) mass is 450 g/mol. The third kappa shape index (κ3) is 5.79. The molecule has 0 spiro atoms. The number of hydrogen-bond acceptors (Lipinski definition) is 5. The molecule has 0 saturated carbocycles. The van der Waals surface area contributed by atoms with E-state index < -0.39 is 21.8 Å². The Morgan fingerprint density at radius 2 is 1.53 bits per heavy atom. The summed E-state index contributed by atoms with van der Waals surface area (Å²) >= 11 is 5.83. The van der Waals surface area contributed by atoms with Gasteiger partial charge in [-0.2, -0.15) is 4.31 Å². The number of hydrogen-bond donors (Lipinski definition) is 2. The maximum absolute atomic E-state index is 12.7. The summed E-state index contributed by atoms with van der Waals surface area (Å²) in [7, 11) is -3.55. The van der Waals surface area contributed by atoms with Crippen molar-refractivity contribution in [2.24, 2.45) is 0 Å². The zero-order valence-corrected chi connectivity index (χ0v) is 17.8. The van der Waals surface area contributed by atoms with Crippen LogP contribution in [-0.4, -0.2) is 68.7 Å². The molecule has 0 atom stereocenters. The number of amides is 2. The lowest BCUT2D eigenvalue weighted by Gasteiger charge is -2.33. The molecule has 1 aliphatic heterocycles. The number of sulfonamides is 1. The molecule has 0 radical (unpaired) electrons. The van der Waals surface area contributed by atoms with E-state index in [9.17, 15) is 18.0 Å². The summed E-state index contributed by atoms with van der Waals surface area (Å²) in [6.45, 7) is 2.61. The number of rotatable bonds is 6. The van der Waals surface area contributed by atoms with Crippen molar-refractivity contribution >= 4 is 39.1 Å². The Morgan fingerprint density at radius 1 is 0.900 bits per heavy atom. The van der Waals surface area contributed by atoms with Crippen molar-refractivity contribution in [3.63, 3.8) is 0 Å². The van der Waals surface area contributed by atoms with Crippen LogP contribution in [0.1, 0.15) is 0 Å². The lowest BCUT2D eigenvalue weighted by molar-refractivity contribution is -0.136. The van der Waals surface area contributed by atoms with Gasteiger partial charge < -0.3 is 10.6 Å². The molecule has 3 rings (SSSR count). The maximum Gasteiger partial charge on any atom is 0.313 e. The SMILES string of the molecule is O=C(NCCN1CCN(S(=O)(=O)c2ccc(Cl)cc2)CC1)C(=O)Nc1ccccc1. The quantitative estimate of drug-likeness (QED) is 0.648. The van der Waals surface area contributed by atoms with Crippen molar-refractivity contribution in [1.82, 2.24) is 14.5 Å². The molecule has 0 aliphatic carbocycles. The molecule has 0 unspecified atom stereocenters. The van der Waals surface area contributed by atoms with E-state index in [2.05, 4.69) is 10.6 Å². The van der Waals surface area contributed by atoms with Crippen molar-refractivity contribution < 1.29 is 18.0 Å². The minimum Gasteiger partial charge on any atom is -0.347 e. The second kappa shape index (κ2) is 10.0. The van der Waals surface area contributed by atoms with Gasteiger partial charge in [-0.05, 0) is 36.4 Å². The number of benzene rings is 2. The zero-order valence-electron chi connectivity index (χ0n) is 16.3. The Balaban J connectivity index is 1.41. The van der Waals surface area contributed by atoms with Gasteiger partial charge in [0.2, 0.25) is 10.0 Å². The minimum absolute atomic E-state index is 0.219. The zero-order chi connectivity index (χ0) is 21.6. The van der Waals surface area contributed by atoms with Gasteiger partial charge in [-0.25, -0.2) is 8.42 Å². The van der Waals surface area contributed by atoms with E-state index in [1.807, 2.05) is 11.0 Å². The van der Waals surface area contributed by atoms with Gasteiger partial charge in [-0.15, -0.1) is 0 Å². The van der Waals surface area contributed by atoms with Crippen molar-refractivity contribution in [3.05, 3.63) is 59.6 Å². The van der Waals surface area contributed by atoms with Crippen LogP contribution in [-0.2, 0) is 19.6 Å². The van der Waals surface area contributed by atoms with Crippen LogP contribution in [0.15, 0.2) is 59.5 Å². The standard InChI is InChI=1S/C20H23ClN4O4S/c21-16-6-8-18(9-7-16)30(28,29)25-14-12-24(13-15-25)11-10-22-19(26)20(27)23-17-4-2-1-3-5-17/h1-9H,10-15H2,(H,22,26)(H,23,27). The molecule has 30 heavy (non-hydrogen) atoms. The van der Waals surface area contributed by atoms with E-state index in [4.69, 9.17) is 11.6 Å². The van der Waals surface area contributed by atoms with Gasteiger partial charge in [0.1, 0.15) is 0 Å². The number of piperazine rings is 1. The molecule has 2 aromatic rings. The highest BCUT2D eigenvalue weighted by Crippen LogP contribution is 2.19. The van der Waals surface area contributed by atoms with Gasteiger partial charge in [0.05, 0.1) is 4.90 Å². The lowest BCUT2D eigenvalue weighted by Crippen LogP contribution is -2.50. The number of para-hydroxylation sites is 1. The van der Waals surface area contributed by atoms with Gasteiger partial charge in [0.25, 0.3) is 0 Å². The van der Waals surface area contributed by atoms with Gasteiger partial charge in [-0.1, -0.05) is 29.8 Å². The molecule has 2 N–H and O–H groups in total. The highest BCUT2D eigenvalue weighted by atomic mass is 35.5. The van der Waals surface area contributed by atoms with E-state index in [1.165, 1.54) is 16.4 Å². The molecule has 2 amide bonds. The van der Waals surface area contributed by atoms with Crippen LogP contribution < -0.4 is 10.6 Å². The highest BCUT2D eigenvalue weighted by molar-refractivity contribution is 7.89. The minimum atomic E-state index is -3.55. The largest absolute Gasteiger partial charge is 0.347 e. The first-order chi connectivity index (χ1) is 14.4. The summed E-state index contributed by atoms with van der Waals surface area (Å²) in [6.07, 6.45) is 0. The number of nitrogens with zero attached hydrogens (tertiary/aromatic N) is 2. The Bertz CT molecular complexity index is 976. The van der Waals surface area contributed by atoms with E-state index in [0.717, 1.165) is 0 Å². The molecule has 10 heteroatoms. The maximum atomic E-state index is 12.7. The molecule has 1 aliphatic rings. The molecule has 8 nitrogen and oxygen atoms in total. The van der Waals surface area contributed by atoms with Crippen molar-refractivity contribution in [2.75, 3.05) is 44.6 Å². The van der Waals surface area contributed by atoms with Crippen molar-refractivity contribution in [2.45, 2.75) is 4.90 Å². The molecule has 0 aromatic heterocycles. The third-order valence-electron chi connectivity index (χ3n) is 4.73. The molecule has 160 valence electrons.